The highest BCUT2D eigenvalue weighted by atomic mass is 35.5. The highest BCUT2D eigenvalue weighted by Crippen LogP contribution is 2.16. The molecule has 28 heavy (non-hydrogen) atoms. The fraction of sp³-hybridized carbons (Fsp3) is 0.176. The number of alkyl halides is 3. The lowest BCUT2D eigenvalue weighted by atomic mass is 10.1. The van der Waals surface area contributed by atoms with E-state index in [0.29, 0.717) is 17.1 Å². The Balaban J connectivity index is 1.54. The van der Waals surface area contributed by atoms with Gasteiger partial charge in [-0.25, -0.2) is 5.43 Å². The summed E-state index contributed by atoms with van der Waals surface area (Å²) in [6, 6.07) is 8.16. The third kappa shape index (κ3) is 5.68. The molecule has 0 aliphatic carbocycles. The lowest BCUT2D eigenvalue weighted by Crippen LogP contribution is -2.18. The molecule has 0 atom stereocenters. The maximum atomic E-state index is 12.3. The lowest BCUT2D eigenvalue weighted by molar-refractivity contribution is -0.142. The number of rotatable bonds is 6. The molecule has 0 fully saturated rings. The van der Waals surface area contributed by atoms with Crippen LogP contribution < -0.4 is 5.43 Å². The molecular weight excluding hydrogens is 397 g/mol. The van der Waals surface area contributed by atoms with E-state index in [1.54, 1.807) is 35.1 Å². The van der Waals surface area contributed by atoms with Crippen LogP contribution in [-0.2, 0) is 13.1 Å². The van der Waals surface area contributed by atoms with E-state index in [9.17, 15) is 18.0 Å². The highest BCUT2D eigenvalue weighted by molar-refractivity contribution is 6.30. The molecule has 146 valence electrons. The lowest BCUT2D eigenvalue weighted by Gasteiger charge is -2.05. The molecule has 2 heterocycles. The van der Waals surface area contributed by atoms with Crippen molar-refractivity contribution in [2.75, 3.05) is 0 Å². The van der Waals surface area contributed by atoms with Gasteiger partial charge in [-0.15, -0.1) is 0 Å². The summed E-state index contributed by atoms with van der Waals surface area (Å²) in [5.41, 5.74) is 3.80. The molecule has 1 N–H and O–H groups in total. The summed E-state index contributed by atoms with van der Waals surface area (Å²) in [5, 5.41) is 12.0. The number of nitrogens with one attached hydrogen (secondary N) is 1. The molecule has 1 aromatic carbocycles. The standard InChI is InChI=1S/C17H14ClF3N6O/c18-14-7-23-27(10-14)9-12-1-3-13(4-2-12)16(28)24-22-8-15-5-6-26(25-15)11-17(19,20)21/h1-8,10H,9,11H2,(H,24,28)/b22-8-. The van der Waals surface area contributed by atoms with E-state index >= 15 is 0 Å². The van der Waals surface area contributed by atoms with Crippen molar-refractivity contribution in [3.05, 3.63) is 70.8 Å². The summed E-state index contributed by atoms with van der Waals surface area (Å²) in [5.74, 6) is -0.459. The molecule has 0 aliphatic rings. The number of carbonyl (C=O) groups is 1. The van der Waals surface area contributed by atoms with Crippen LogP contribution in [0.5, 0.6) is 0 Å². The Labute approximate surface area is 162 Å². The van der Waals surface area contributed by atoms with Gasteiger partial charge in [-0.2, -0.15) is 28.5 Å². The van der Waals surface area contributed by atoms with Crippen molar-refractivity contribution < 1.29 is 18.0 Å². The van der Waals surface area contributed by atoms with Gasteiger partial charge in [0.25, 0.3) is 5.91 Å². The van der Waals surface area contributed by atoms with E-state index < -0.39 is 18.6 Å². The van der Waals surface area contributed by atoms with Crippen molar-refractivity contribution in [1.82, 2.24) is 25.0 Å². The third-order valence-corrected chi connectivity index (χ3v) is 3.72. The largest absolute Gasteiger partial charge is 0.408 e. The monoisotopic (exact) mass is 410 g/mol. The van der Waals surface area contributed by atoms with E-state index in [-0.39, 0.29) is 5.69 Å². The fourth-order valence-electron chi connectivity index (χ4n) is 2.31. The summed E-state index contributed by atoms with van der Waals surface area (Å²) >= 11 is 5.81. The van der Waals surface area contributed by atoms with Gasteiger partial charge in [-0.3, -0.25) is 14.2 Å². The first-order valence-corrected chi connectivity index (χ1v) is 8.37. The van der Waals surface area contributed by atoms with Crippen LogP contribution in [0.15, 0.2) is 54.0 Å². The molecule has 0 aliphatic heterocycles. The number of amides is 1. The molecule has 2 aromatic heterocycles. The van der Waals surface area contributed by atoms with Crippen LogP contribution in [0.3, 0.4) is 0 Å². The molecule has 0 saturated heterocycles. The topological polar surface area (TPSA) is 77.1 Å². The van der Waals surface area contributed by atoms with E-state index in [1.165, 1.54) is 24.7 Å². The Kier molecular flexibility index (Phi) is 5.78. The number of aromatic nitrogens is 4. The smallest absolute Gasteiger partial charge is 0.267 e. The average Bonchev–Trinajstić information content (AvgIpc) is 3.23. The molecule has 0 radical (unpaired) electrons. The molecule has 3 aromatic rings. The van der Waals surface area contributed by atoms with Crippen molar-refractivity contribution in [1.29, 1.82) is 0 Å². The zero-order chi connectivity index (χ0) is 20.1. The summed E-state index contributed by atoms with van der Waals surface area (Å²) in [6.07, 6.45) is 1.22. The average molecular weight is 411 g/mol. The Bertz CT molecular complexity index is 977. The Hall–Kier alpha value is -3.14. The van der Waals surface area contributed by atoms with Crippen molar-refractivity contribution in [3.8, 4) is 0 Å². The fourth-order valence-corrected chi connectivity index (χ4v) is 2.47. The predicted octanol–water partition coefficient (Wildman–Crippen LogP) is 3.11. The van der Waals surface area contributed by atoms with Crippen LogP contribution in [0, 0.1) is 0 Å². The van der Waals surface area contributed by atoms with Crippen molar-refractivity contribution in [3.63, 3.8) is 0 Å². The zero-order valence-electron chi connectivity index (χ0n) is 14.3. The van der Waals surface area contributed by atoms with Gasteiger partial charge < -0.3 is 0 Å². The molecule has 0 unspecified atom stereocenters. The second kappa shape index (κ2) is 8.26. The molecule has 3 rings (SSSR count). The summed E-state index contributed by atoms with van der Waals surface area (Å²) in [6.45, 7) is -0.683. The SMILES string of the molecule is O=C(N/N=C\c1ccn(CC(F)(F)F)n1)c1ccc(Cn2cc(Cl)cn2)cc1. The minimum Gasteiger partial charge on any atom is -0.267 e. The molecule has 0 spiro atoms. The van der Waals surface area contributed by atoms with Crippen LogP contribution in [0.2, 0.25) is 5.02 Å². The molecule has 11 heteroatoms. The van der Waals surface area contributed by atoms with Gasteiger partial charge in [-0.1, -0.05) is 23.7 Å². The van der Waals surface area contributed by atoms with Gasteiger partial charge in [0.05, 0.1) is 24.0 Å². The Morgan fingerprint density at radius 3 is 2.61 bits per heavy atom. The summed E-state index contributed by atoms with van der Waals surface area (Å²) in [7, 11) is 0. The first kappa shape index (κ1) is 19.6. The van der Waals surface area contributed by atoms with Gasteiger partial charge in [0.1, 0.15) is 12.2 Å². The van der Waals surface area contributed by atoms with Gasteiger partial charge >= 0.3 is 6.18 Å². The molecule has 7 nitrogen and oxygen atoms in total. The summed E-state index contributed by atoms with van der Waals surface area (Å²) < 4.78 is 39.3. The second-order valence-corrected chi connectivity index (χ2v) is 6.24. The van der Waals surface area contributed by atoms with Crippen LogP contribution in [0.4, 0.5) is 13.2 Å². The number of hydrogen-bond acceptors (Lipinski definition) is 4. The minimum atomic E-state index is -4.36. The maximum Gasteiger partial charge on any atom is 0.408 e. The first-order valence-electron chi connectivity index (χ1n) is 7.99. The first-order chi connectivity index (χ1) is 13.3. The zero-order valence-corrected chi connectivity index (χ0v) is 15.0. The second-order valence-electron chi connectivity index (χ2n) is 5.81. The molecule has 1 amide bonds. The summed E-state index contributed by atoms with van der Waals surface area (Å²) in [4.78, 5) is 12.1. The number of hydrazone groups is 1. The number of halogens is 4. The van der Waals surface area contributed by atoms with Gasteiger partial charge in [-0.05, 0) is 23.8 Å². The Morgan fingerprint density at radius 1 is 1.21 bits per heavy atom. The van der Waals surface area contributed by atoms with Crippen LogP contribution in [0.1, 0.15) is 21.6 Å². The van der Waals surface area contributed by atoms with Gasteiger partial charge in [0, 0.05) is 18.0 Å². The number of benzene rings is 1. The maximum absolute atomic E-state index is 12.3. The normalized spacial score (nSPS) is 11.9. The third-order valence-electron chi connectivity index (χ3n) is 3.53. The number of nitrogens with zero attached hydrogens (tertiary/aromatic N) is 5. The quantitative estimate of drug-likeness (QED) is 0.501. The van der Waals surface area contributed by atoms with Crippen molar-refractivity contribution >= 4 is 23.7 Å². The number of carbonyl (C=O) groups excluding carboxylic acids is 1. The van der Waals surface area contributed by atoms with E-state index in [4.69, 9.17) is 11.6 Å². The van der Waals surface area contributed by atoms with Crippen molar-refractivity contribution in [2.45, 2.75) is 19.3 Å². The molecule has 0 bridgehead atoms. The minimum absolute atomic E-state index is 0.192. The van der Waals surface area contributed by atoms with E-state index in [2.05, 4.69) is 20.7 Å². The van der Waals surface area contributed by atoms with Crippen LogP contribution in [0.25, 0.3) is 0 Å². The van der Waals surface area contributed by atoms with Gasteiger partial charge in [0.2, 0.25) is 0 Å². The van der Waals surface area contributed by atoms with Crippen LogP contribution in [-0.4, -0.2) is 37.9 Å². The highest BCUT2D eigenvalue weighted by Gasteiger charge is 2.28. The van der Waals surface area contributed by atoms with Crippen molar-refractivity contribution in [2.24, 2.45) is 5.10 Å². The molecular formula is C17H14ClF3N6O. The molecule has 0 saturated carbocycles. The van der Waals surface area contributed by atoms with Crippen LogP contribution >= 0.6 is 11.6 Å². The predicted molar refractivity (Wildman–Crippen MR) is 96.1 cm³/mol. The van der Waals surface area contributed by atoms with E-state index in [1.807, 2.05) is 0 Å². The van der Waals surface area contributed by atoms with E-state index in [0.717, 1.165) is 10.2 Å². The van der Waals surface area contributed by atoms with Gasteiger partial charge in [0.15, 0.2) is 0 Å². The number of hydrogen-bond donors (Lipinski definition) is 1. The Morgan fingerprint density at radius 2 is 1.96 bits per heavy atom.